The normalized spacial score (nSPS) is 10.9. The summed E-state index contributed by atoms with van der Waals surface area (Å²) in [7, 11) is 0. The molecule has 1 amide bonds. The van der Waals surface area contributed by atoms with E-state index in [9.17, 15) is 9.59 Å². The number of nitrogens with two attached hydrogens (primary N) is 1. The molecule has 2 aromatic carbocycles. The van der Waals surface area contributed by atoms with Crippen LogP contribution in [-0.4, -0.2) is 35.7 Å². The summed E-state index contributed by atoms with van der Waals surface area (Å²) in [6.45, 7) is 8.46. The van der Waals surface area contributed by atoms with Gasteiger partial charge in [0.15, 0.2) is 0 Å². The predicted molar refractivity (Wildman–Crippen MR) is 115 cm³/mol. The maximum atomic E-state index is 12.4. The first-order chi connectivity index (χ1) is 13.8. The summed E-state index contributed by atoms with van der Waals surface area (Å²) in [5, 5.41) is 7.37. The molecule has 2 aromatic rings. The number of amides is 1. The maximum absolute atomic E-state index is 12.4. The van der Waals surface area contributed by atoms with Gasteiger partial charge in [-0.1, -0.05) is 18.2 Å². The van der Waals surface area contributed by atoms with Gasteiger partial charge in [-0.3, -0.25) is 10.2 Å². The van der Waals surface area contributed by atoms with Crippen molar-refractivity contribution in [2.24, 2.45) is 5.73 Å². The van der Waals surface area contributed by atoms with E-state index < -0.39 is 5.97 Å². The number of amidine groups is 1. The second kappa shape index (κ2) is 10.0. The lowest BCUT2D eigenvalue weighted by Gasteiger charge is -2.19. The minimum atomic E-state index is -0.493. The number of nitrogen functional groups attached to an aromatic ring is 1. The van der Waals surface area contributed by atoms with Crippen molar-refractivity contribution in [3.05, 3.63) is 83.4 Å². The Balaban J connectivity index is 2.06. The molecule has 0 aliphatic heterocycles. The third-order valence-electron chi connectivity index (χ3n) is 4.26. The van der Waals surface area contributed by atoms with Crippen LogP contribution in [0, 0.1) is 5.41 Å². The average molecular weight is 391 g/mol. The van der Waals surface area contributed by atoms with Gasteiger partial charge in [0.1, 0.15) is 11.6 Å². The Hall–Kier alpha value is -3.67. The molecule has 0 bridgehead atoms. The summed E-state index contributed by atoms with van der Waals surface area (Å²) in [6.07, 6.45) is 3.48. The van der Waals surface area contributed by atoms with Crippen molar-refractivity contribution in [1.82, 2.24) is 4.90 Å². The molecule has 6 heteroatoms. The van der Waals surface area contributed by atoms with E-state index in [-0.39, 0.29) is 11.7 Å². The monoisotopic (exact) mass is 391 g/mol. The zero-order chi connectivity index (χ0) is 21.4. The van der Waals surface area contributed by atoms with E-state index in [4.69, 9.17) is 15.9 Å². The van der Waals surface area contributed by atoms with Gasteiger partial charge in [0.25, 0.3) is 0 Å². The van der Waals surface area contributed by atoms with Gasteiger partial charge >= 0.3 is 5.97 Å². The van der Waals surface area contributed by atoms with Crippen molar-refractivity contribution in [2.45, 2.75) is 13.8 Å². The number of benzene rings is 2. The van der Waals surface area contributed by atoms with Crippen LogP contribution >= 0.6 is 0 Å². The van der Waals surface area contributed by atoms with E-state index in [0.717, 1.165) is 5.56 Å². The highest BCUT2D eigenvalue weighted by Gasteiger charge is 2.13. The van der Waals surface area contributed by atoms with Gasteiger partial charge in [0, 0.05) is 24.2 Å². The van der Waals surface area contributed by atoms with Gasteiger partial charge < -0.3 is 15.4 Å². The van der Waals surface area contributed by atoms with Crippen LogP contribution in [0.1, 0.15) is 35.3 Å². The standard InChI is InChI=1S/C23H25N3O3/c1-4-14-26(5-2)22(27)16(3)15-17-6-8-19(9-7-17)23(28)29-20-12-10-18(11-13-20)21(24)25/h4,6-13,15H,1,5,14H2,2-3H3,(H3,24,25)/b16-15+. The van der Waals surface area contributed by atoms with Crippen LogP contribution in [0.15, 0.2) is 66.8 Å². The maximum Gasteiger partial charge on any atom is 0.343 e. The van der Waals surface area contributed by atoms with Crippen LogP contribution in [0.4, 0.5) is 0 Å². The third kappa shape index (κ3) is 5.90. The lowest BCUT2D eigenvalue weighted by molar-refractivity contribution is -0.126. The Morgan fingerprint density at radius 3 is 2.21 bits per heavy atom. The Kier molecular flexibility index (Phi) is 7.48. The van der Waals surface area contributed by atoms with Crippen molar-refractivity contribution in [3.8, 4) is 5.75 Å². The number of rotatable bonds is 8. The fourth-order valence-electron chi connectivity index (χ4n) is 2.66. The van der Waals surface area contributed by atoms with Crippen molar-refractivity contribution in [3.63, 3.8) is 0 Å². The molecule has 6 nitrogen and oxygen atoms in total. The SMILES string of the molecule is C=CCN(CC)C(=O)/C(C)=C/c1ccc(C(=O)Oc2ccc(C(=N)N)cc2)cc1. The van der Waals surface area contributed by atoms with Crippen LogP contribution in [0.2, 0.25) is 0 Å². The Morgan fingerprint density at radius 1 is 1.10 bits per heavy atom. The molecule has 0 spiro atoms. The number of nitrogens with one attached hydrogen (secondary N) is 1. The molecule has 0 aliphatic carbocycles. The molecule has 2 rings (SSSR count). The smallest absolute Gasteiger partial charge is 0.343 e. The summed E-state index contributed by atoms with van der Waals surface area (Å²) < 4.78 is 5.33. The molecule has 0 radical (unpaired) electrons. The number of hydrogen-bond donors (Lipinski definition) is 2. The molecule has 0 heterocycles. The van der Waals surface area contributed by atoms with E-state index in [0.29, 0.717) is 35.5 Å². The second-order valence-electron chi connectivity index (χ2n) is 6.41. The fraction of sp³-hybridized carbons (Fsp3) is 0.174. The van der Waals surface area contributed by atoms with Crippen molar-refractivity contribution < 1.29 is 14.3 Å². The summed E-state index contributed by atoms with van der Waals surface area (Å²) in [5.74, 6) is -0.226. The molecular formula is C23H25N3O3. The van der Waals surface area contributed by atoms with Gasteiger partial charge in [-0.2, -0.15) is 0 Å². The number of carbonyl (C=O) groups excluding carboxylic acids is 2. The van der Waals surface area contributed by atoms with Crippen molar-refractivity contribution in [1.29, 1.82) is 5.41 Å². The van der Waals surface area contributed by atoms with Gasteiger partial charge in [0.2, 0.25) is 5.91 Å². The summed E-state index contributed by atoms with van der Waals surface area (Å²) >= 11 is 0. The number of likely N-dealkylation sites (N-methyl/N-ethyl adjacent to an activating group) is 1. The minimum Gasteiger partial charge on any atom is -0.423 e. The Labute approximate surface area is 170 Å². The third-order valence-corrected chi connectivity index (χ3v) is 4.26. The van der Waals surface area contributed by atoms with Gasteiger partial charge in [-0.25, -0.2) is 4.79 Å². The van der Waals surface area contributed by atoms with Crippen molar-refractivity contribution in [2.75, 3.05) is 13.1 Å². The lowest BCUT2D eigenvalue weighted by Crippen LogP contribution is -2.31. The summed E-state index contributed by atoms with van der Waals surface area (Å²) in [4.78, 5) is 26.4. The summed E-state index contributed by atoms with van der Waals surface area (Å²) in [6, 6.07) is 13.2. The van der Waals surface area contributed by atoms with E-state index in [1.54, 1.807) is 72.5 Å². The lowest BCUT2D eigenvalue weighted by atomic mass is 10.1. The highest BCUT2D eigenvalue weighted by atomic mass is 16.5. The Morgan fingerprint density at radius 2 is 1.69 bits per heavy atom. The van der Waals surface area contributed by atoms with Crippen LogP contribution in [0.5, 0.6) is 5.75 Å². The summed E-state index contributed by atoms with van der Waals surface area (Å²) in [5.41, 5.74) is 7.77. The molecule has 0 saturated heterocycles. The number of esters is 1. The van der Waals surface area contributed by atoms with Crippen LogP contribution < -0.4 is 10.5 Å². The average Bonchev–Trinajstić information content (AvgIpc) is 2.72. The minimum absolute atomic E-state index is 0.0492. The van der Waals surface area contributed by atoms with Crippen molar-refractivity contribution >= 4 is 23.8 Å². The van der Waals surface area contributed by atoms with Gasteiger partial charge in [-0.15, -0.1) is 6.58 Å². The molecule has 150 valence electrons. The molecule has 0 aromatic heterocycles. The largest absolute Gasteiger partial charge is 0.423 e. The number of carbonyl (C=O) groups is 2. The molecular weight excluding hydrogens is 366 g/mol. The second-order valence-corrected chi connectivity index (χ2v) is 6.41. The molecule has 3 N–H and O–H groups in total. The zero-order valence-corrected chi connectivity index (χ0v) is 16.6. The predicted octanol–water partition coefficient (Wildman–Crippen LogP) is 3.63. The van der Waals surface area contributed by atoms with E-state index >= 15 is 0 Å². The first kappa shape index (κ1) is 21.6. The van der Waals surface area contributed by atoms with E-state index in [1.165, 1.54) is 0 Å². The topological polar surface area (TPSA) is 96.5 Å². The number of ether oxygens (including phenoxy) is 1. The molecule has 0 aliphatic rings. The Bertz CT molecular complexity index is 929. The quantitative estimate of drug-likeness (QED) is 0.179. The fourth-order valence-corrected chi connectivity index (χ4v) is 2.66. The first-order valence-electron chi connectivity index (χ1n) is 9.20. The van der Waals surface area contributed by atoms with Gasteiger partial charge in [0.05, 0.1) is 5.56 Å². The van der Waals surface area contributed by atoms with Crippen LogP contribution in [-0.2, 0) is 4.79 Å². The molecule has 0 unspecified atom stereocenters. The molecule has 0 saturated carbocycles. The van der Waals surface area contributed by atoms with E-state index in [1.807, 2.05) is 6.92 Å². The molecule has 0 fully saturated rings. The highest BCUT2D eigenvalue weighted by molar-refractivity contribution is 5.98. The first-order valence-corrected chi connectivity index (χ1v) is 9.20. The van der Waals surface area contributed by atoms with Crippen LogP contribution in [0.25, 0.3) is 6.08 Å². The zero-order valence-electron chi connectivity index (χ0n) is 16.6. The molecule has 29 heavy (non-hydrogen) atoms. The van der Waals surface area contributed by atoms with Crippen LogP contribution in [0.3, 0.4) is 0 Å². The highest BCUT2D eigenvalue weighted by Crippen LogP contribution is 2.16. The van der Waals surface area contributed by atoms with Gasteiger partial charge in [-0.05, 0) is 61.9 Å². The molecule has 0 atom stereocenters. The number of nitrogens with zero attached hydrogens (tertiary/aromatic N) is 1. The van der Waals surface area contributed by atoms with E-state index in [2.05, 4.69) is 6.58 Å². The number of hydrogen-bond acceptors (Lipinski definition) is 4.